The Morgan fingerprint density at radius 2 is 1.59 bits per heavy atom. The molecule has 1 aromatic heterocycles. The Kier molecular flexibility index (Phi) is 8.28. The summed E-state index contributed by atoms with van der Waals surface area (Å²) in [4.78, 5) is 15.8. The van der Waals surface area contributed by atoms with Crippen LogP contribution in [0.4, 0.5) is 11.4 Å². The van der Waals surface area contributed by atoms with E-state index in [1.807, 2.05) is 6.20 Å². The molecule has 5 nitrogen and oxygen atoms in total. The van der Waals surface area contributed by atoms with Gasteiger partial charge < -0.3 is 20.7 Å². The van der Waals surface area contributed by atoms with E-state index in [2.05, 4.69) is 71.9 Å². The van der Waals surface area contributed by atoms with Crippen LogP contribution in [0.25, 0.3) is 10.9 Å². The van der Waals surface area contributed by atoms with Gasteiger partial charge in [-0.05, 0) is 54.7 Å². The number of carbonyl (C=O) groups excluding carboxylic acids is 1. The van der Waals surface area contributed by atoms with E-state index in [1.54, 1.807) is 0 Å². The molecule has 3 atom stereocenters. The molecule has 3 unspecified atom stereocenters. The number of aromatic nitrogens is 1. The number of aryl methyl sites for hydroxylation is 2. The zero-order valence-corrected chi connectivity index (χ0v) is 20.6. The Hall–Kier alpha value is -2.79. The lowest BCUT2D eigenvalue weighted by molar-refractivity contribution is -0.137. The van der Waals surface area contributed by atoms with Gasteiger partial charge in [0, 0.05) is 22.8 Å². The minimum Gasteiger partial charge on any atom is -0.383 e. The fourth-order valence-electron chi connectivity index (χ4n) is 4.89. The van der Waals surface area contributed by atoms with Crippen molar-refractivity contribution >= 4 is 28.1 Å². The highest BCUT2D eigenvalue weighted by Crippen LogP contribution is 2.30. The number of Topliss-reactive ketones (excluding diaryl/α,β-unsaturated/α-hetero) is 1. The number of unbranched alkanes of at least 4 members (excludes halogenated alkanes) is 5. The first-order valence-electron chi connectivity index (χ1n) is 13.0. The van der Waals surface area contributed by atoms with E-state index in [1.165, 1.54) is 49.7 Å². The number of H-pyrrole nitrogens is 1. The fraction of sp³-hybridized carbons (Fsp3) is 0.483. The lowest BCUT2D eigenvalue weighted by atomic mass is 9.81. The van der Waals surface area contributed by atoms with Crippen molar-refractivity contribution in [3.8, 4) is 0 Å². The molecule has 34 heavy (non-hydrogen) atoms. The largest absolute Gasteiger partial charge is 0.383 e. The van der Waals surface area contributed by atoms with Gasteiger partial charge >= 0.3 is 0 Å². The van der Waals surface area contributed by atoms with Crippen LogP contribution in [0.1, 0.15) is 69.9 Å². The first-order valence-corrected chi connectivity index (χ1v) is 13.0. The Morgan fingerprint density at radius 3 is 2.35 bits per heavy atom. The van der Waals surface area contributed by atoms with E-state index in [4.69, 9.17) is 0 Å². The predicted octanol–water partition coefficient (Wildman–Crippen LogP) is 6.23. The van der Waals surface area contributed by atoms with Gasteiger partial charge in [0.2, 0.25) is 0 Å². The second kappa shape index (κ2) is 11.6. The molecule has 0 saturated heterocycles. The van der Waals surface area contributed by atoms with Gasteiger partial charge in [0.05, 0.1) is 11.7 Å². The molecule has 0 bridgehead atoms. The van der Waals surface area contributed by atoms with E-state index in [0.717, 1.165) is 41.5 Å². The number of fused-ring (bicyclic) bond motifs is 1. The highest BCUT2D eigenvalue weighted by molar-refractivity contribution is 6.02. The Bertz CT molecular complexity index is 1070. The topological polar surface area (TPSA) is 77.2 Å². The summed E-state index contributed by atoms with van der Waals surface area (Å²) in [7, 11) is 0. The van der Waals surface area contributed by atoms with Crippen molar-refractivity contribution in [2.24, 2.45) is 0 Å². The maximum absolute atomic E-state index is 12.5. The summed E-state index contributed by atoms with van der Waals surface area (Å²) in [6, 6.07) is 14.0. The van der Waals surface area contributed by atoms with Crippen molar-refractivity contribution in [2.45, 2.75) is 89.8 Å². The Labute approximate surface area is 203 Å². The molecule has 0 aliphatic heterocycles. The van der Waals surface area contributed by atoms with E-state index in [9.17, 15) is 9.90 Å². The van der Waals surface area contributed by atoms with E-state index in [-0.39, 0.29) is 11.8 Å². The molecule has 1 fully saturated rings. The number of aromatic amines is 1. The highest BCUT2D eigenvalue weighted by Gasteiger charge is 2.49. The average Bonchev–Trinajstić information content (AvgIpc) is 3.26. The zero-order valence-electron chi connectivity index (χ0n) is 20.6. The number of nitrogens with one attached hydrogen (secondary N) is 3. The number of aliphatic hydroxyl groups is 1. The predicted molar refractivity (Wildman–Crippen MR) is 142 cm³/mol. The number of carbonyl (C=O) groups is 1. The summed E-state index contributed by atoms with van der Waals surface area (Å²) < 4.78 is 0. The van der Waals surface area contributed by atoms with Gasteiger partial charge in [0.1, 0.15) is 12.1 Å². The first kappa shape index (κ1) is 24.3. The molecule has 182 valence electrons. The van der Waals surface area contributed by atoms with Crippen LogP contribution in [0.5, 0.6) is 0 Å². The van der Waals surface area contributed by atoms with Crippen molar-refractivity contribution < 1.29 is 9.90 Å². The highest BCUT2D eigenvalue weighted by atomic mass is 16.3. The fourth-order valence-corrected chi connectivity index (χ4v) is 4.89. The van der Waals surface area contributed by atoms with Gasteiger partial charge in [-0.2, -0.15) is 0 Å². The van der Waals surface area contributed by atoms with Crippen LogP contribution in [0.2, 0.25) is 0 Å². The number of hydrogen-bond donors (Lipinski definition) is 4. The van der Waals surface area contributed by atoms with Crippen molar-refractivity contribution in [3.05, 3.63) is 59.8 Å². The van der Waals surface area contributed by atoms with Crippen LogP contribution in [0.3, 0.4) is 0 Å². The normalized spacial score (nSPS) is 19.9. The van der Waals surface area contributed by atoms with Crippen molar-refractivity contribution in [1.29, 1.82) is 0 Å². The monoisotopic (exact) mass is 461 g/mol. The summed E-state index contributed by atoms with van der Waals surface area (Å²) >= 11 is 0. The van der Waals surface area contributed by atoms with Gasteiger partial charge in [-0.1, -0.05) is 70.6 Å². The number of rotatable bonds is 13. The summed E-state index contributed by atoms with van der Waals surface area (Å²) in [5.41, 5.74) is 5.49. The molecular formula is C29H39N3O2. The molecule has 1 saturated carbocycles. The van der Waals surface area contributed by atoms with Gasteiger partial charge in [0.25, 0.3) is 0 Å². The van der Waals surface area contributed by atoms with E-state index in [0.29, 0.717) is 0 Å². The summed E-state index contributed by atoms with van der Waals surface area (Å²) in [5.74, 6) is -0.170. The maximum Gasteiger partial charge on any atom is 0.187 e. The minimum absolute atomic E-state index is 0.170. The second-order valence-electron chi connectivity index (χ2n) is 9.69. The SMILES string of the molecule is CCCCCCCCc1ccc(NC2C(O)C(=O)C2Nc2c[nH]c3ccc(CCC)cc23)cc1. The van der Waals surface area contributed by atoms with Crippen LogP contribution in [-0.4, -0.2) is 34.1 Å². The first-order chi connectivity index (χ1) is 16.6. The molecule has 1 aliphatic rings. The molecule has 4 N–H and O–H groups in total. The molecular weight excluding hydrogens is 422 g/mol. The van der Waals surface area contributed by atoms with Crippen molar-refractivity contribution in [3.63, 3.8) is 0 Å². The van der Waals surface area contributed by atoms with Gasteiger partial charge in [-0.25, -0.2) is 0 Å². The van der Waals surface area contributed by atoms with E-state index >= 15 is 0 Å². The number of anilines is 2. The molecule has 2 aromatic carbocycles. The van der Waals surface area contributed by atoms with Gasteiger partial charge in [-0.15, -0.1) is 0 Å². The molecule has 3 aromatic rings. The van der Waals surface area contributed by atoms with Crippen LogP contribution < -0.4 is 10.6 Å². The number of aliphatic hydroxyl groups excluding tert-OH is 1. The van der Waals surface area contributed by atoms with Gasteiger partial charge in [0.15, 0.2) is 5.78 Å². The Balaban J connectivity index is 1.35. The number of hydrogen-bond acceptors (Lipinski definition) is 4. The van der Waals surface area contributed by atoms with Crippen LogP contribution >= 0.6 is 0 Å². The average molecular weight is 462 g/mol. The lowest BCUT2D eigenvalue weighted by Crippen LogP contribution is -2.67. The number of ketones is 1. The molecule has 0 amide bonds. The number of benzene rings is 2. The standard InChI is InChI=1S/C29H39N3O2/c1-3-5-6-7-8-9-11-20-12-15-22(16-13-20)31-26-27(29(34)28(26)33)32-25-19-30-24-17-14-21(10-4-2)18-23(24)25/h12-19,26-28,30-33H,3-11H2,1-2H3. The maximum atomic E-state index is 12.5. The molecule has 0 radical (unpaired) electrons. The van der Waals surface area contributed by atoms with Crippen LogP contribution in [0.15, 0.2) is 48.7 Å². The Morgan fingerprint density at radius 1 is 0.853 bits per heavy atom. The van der Waals surface area contributed by atoms with Crippen molar-refractivity contribution in [2.75, 3.05) is 10.6 Å². The second-order valence-corrected chi connectivity index (χ2v) is 9.69. The molecule has 1 heterocycles. The van der Waals surface area contributed by atoms with Crippen molar-refractivity contribution in [1.82, 2.24) is 4.98 Å². The third-order valence-corrected chi connectivity index (χ3v) is 7.00. The summed E-state index contributed by atoms with van der Waals surface area (Å²) in [6.45, 7) is 4.42. The quantitative estimate of drug-likeness (QED) is 0.228. The lowest BCUT2D eigenvalue weighted by Gasteiger charge is -2.41. The van der Waals surface area contributed by atoms with Crippen LogP contribution in [0, 0.1) is 0 Å². The molecule has 4 rings (SSSR count). The third kappa shape index (κ3) is 5.64. The smallest absolute Gasteiger partial charge is 0.187 e. The summed E-state index contributed by atoms with van der Waals surface area (Å²) in [6.07, 6.45) is 11.9. The van der Waals surface area contributed by atoms with Crippen LogP contribution in [-0.2, 0) is 17.6 Å². The third-order valence-electron chi connectivity index (χ3n) is 7.00. The molecule has 0 spiro atoms. The molecule has 5 heteroatoms. The van der Waals surface area contributed by atoms with Gasteiger partial charge in [-0.3, -0.25) is 4.79 Å². The minimum atomic E-state index is -0.999. The zero-order chi connectivity index (χ0) is 23.9. The summed E-state index contributed by atoms with van der Waals surface area (Å²) in [5, 5.41) is 18.2. The molecule has 1 aliphatic carbocycles. The van der Waals surface area contributed by atoms with E-state index < -0.39 is 12.1 Å².